The summed E-state index contributed by atoms with van der Waals surface area (Å²) in [7, 11) is 2.06. The van der Waals surface area contributed by atoms with Crippen LogP contribution in [-0.4, -0.2) is 18.7 Å². The number of benzene rings is 3. The van der Waals surface area contributed by atoms with Gasteiger partial charge in [0.2, 0.25) is 0 Å². The van der Waals surface area contributed by atoms with Gasteiger partial charge < -0.3 is 10.0 Å². The average molecular weight is 315 g/mol. The number of nitrogens with zero attached hydrogens (tertiary/aromatic N) is 1. The van der Waals surface area contributed by atoms with E-state index in [1.54, 1.807) is 0 Å². The van der Waals surface area contributed by atoms with Gasteiger partial charge in [0.25, 0.3) is 0 Å². The third-order valence-electron chi connectivity index (χ3n) is 4.87. The van der Waals surface area contributed by atoms with Crippen LogP contribution in [0.25, 0.3) is 11.1 Å². The highest BCUT2D eigenvalue weighted by Crippen LogP contribution is 2.42. The fraction of sp³-hybridized carbons (Fsp3) is 0.182. The lowest BCUT2D eigenvalue weighted by atomic mass is 9.83. The Morgan fingerprint density at radius 2 is 1.46 bits per heavy atom. The fourth-order valence-electron chi connectivity index (χ4n) is 3.81. The monoisotopic (exact) mass is 315 g/mol. The van der Waals surface area contributed by atoms with E-state index in [-0.39, 0.29) is 0 Å². The van der Waals surface area contributed by atoms with Gasteiger partial charge in [-0.05, 0) is 22.8 Å². The standard InChI is InChI=1S/C22H21NO/c1-23-16-22(24,15-17-9-3-2-4-10-17)20-13-7-5-11-18(20)19-12-6-8-14-21(19)23/h2-14,24H,15-16H2,1H3. The largest absolute Gasteiger partial charge is 0.383 e. The number of para-hydroxylation sites is 1. The highest BCUT2D eigenvalue weighted by Gasteiger charge is 2.36. The van der Waals surface area contributed by atoms with Crippen LogP contribution in [0.15, 0.2) is 78.9 Å². The predicted molar refractivity (Wildman–Crippen MR) is 99.2 cm³/mol. The van der Waals surface area contributed by atoms with Gasteiger partial charge in [-0.15, -0.1) is 0 Å². The quantitative estimate of drug-likeness (QED) is 0.765. The Kier molecular flexibility index (Phi) is 3.62. The lowest BCUT2D eigenvalue weighted by Gasteiger charge is -2.32. The molecule has 120 valence electrons. The summed E-state index contributed by atoms with van der Waals surface area (Å²) < 4.78 is 0. The predicted octanol–water partition coefficient (Wildman–Crippen LogP) is 4.23. The van der Waals surface area contributed by atoms with Crippen LogP contribution in [0, 0.1) is 0 Å². The normalized spacial score (nSPS) is 19.3. The maximum Gasteiger partial charge on any atom is 0.112 e. The molecule has 2 nitrogen and oxygen atoms in total. The van der Waals surface area contributed by atoms with Crippen LogP contribution in [0.5, 0.6) is 0 Å². The van der Waals surface area contributed by atoms with E-state index in [1.807, 2.05) is 30.3 Å². The summed E-state index contributed by atoms with van der Waals surface area (Å²) in [6.45, 7) is 0.565. The first-order valence-electron chi connectivity index (χ1n) is 8.34. The molecule has 3 aromatic rings. The first-order valence-corrected chi connectivity index (χ1v) is 8.34. The summed E-state index contributed by atoms with van der Waals surface area (Å²) in [6.07, 6.45) is 0.600. The molecule has 2 heteroatoms. The molecule has 3 aromatic carbocycles. The molecule has 1 unspecified atom stereocenters. The second-order valence-corrected chi connectivity index (χ2v) is 6.61. The topological polar surface area (TPSA) is 23.5 Å². The molecule has 1 aliphatic heterocycles. The van der Waals surface area contributed by atoms with Crippen molar-refractivity contribution in [3.8, 4) is 11.1 Å². The number of likely N-dealkylation sites (N-methyl/N-ethyl adjacent to an activating group) is 1. The number of aliphatic hydroxyl groups is 1. The highest BCUT2D eigenvalue weighted by atomic mass is 16.3. The van der Waals surface area contributed by atoms with Crippen LogP contribution in [0.3, 0.4) is 0 Å². The van der Waals surface area contributed by atoms with E-state index in [9.17, 15) is 5.11 Å². The van der Waals surface area contributed by atoms with Gasteiger partial charge in [0, 0.05) is 24.7 Å². The molecule has 0 bridgehead atoms. The summed E-state index contributed by atoms with van der Waals surface area (Å²) in [6, 6.07) is 26.8. The molecule has 1 aliphatic rings. The van der Waals surface area contributed by atoms with E-state index in [0.717, 1.165) is 22.4 Å². The van der Waals surface area contributed by atoms with Crippen molar-refractivity contribution in [2.75, 3.05) is 18.5 Å². The van der Waals surface area contributed by atoms with E-state index in [0.29, 0.717) is 13.0 Å². The molecule has 0 saturated carbocycles. The Labute approximate surface area is 143 Å². The molecule has 0 radical (unpaired) electrons. The van der Waals surface area contributed by atoms with E-state index >= 15 is 0 Å². The van der Waals surface area contributed by atoms with Gasteiger partial charge in [-0.2, -0.15) is 0 Å². The molecule has 0 aliphatic carbocycles. The minimum absolute atomic E-state index is 0.565. The minimum Gasteiger partial charge on any atom is -0.383 e. The second kappa shape index (κ2) is 5.81. The number of hydrogen-bond acceptors (Lipinski definition) is 2. The van der Waals surface area contributed by atoms with Crippen LogP contribution in [-0.2, 0) is 12.0 Å². The van der Waals surface area contributed by atoms with E-state index in [4.69, 9.17) is 0 Å². The third-order valence-corrected chi connectivity index (χ3v) is 4.87. The van der Waals surface area contributed by atoms with Gasteiger partial charge in [-0.3, -0.25) is 0 Å². The van der Waals surface area contributed by atoms with Gasteiger partial charge in [-0.1, -0.05) is 72.8 Å². The average Bonchev–Trinajstić information content (AvgIpc) is 2.70. The maximum absolute atomic E-state index is 11.7. The molecule has 0 amide bonds. The molecular formula is C22H21NO. The first-order chi connectivity index (χ1) is 11.7. The fourth-order valence-corrected chi connectivity index (χ4v) is 3.81. The lowest BCUT2D eigenvalue weighted by Crippen LogP contribution is -2.40. The summed E-state index contributed by atoms with van der Waals surface area (Å²) in [4.78, 5) is 2.16. The molecule has 0 spiro atoms. The van der Waals surface area contributed by atoms with Gasteiger partial charge in [0.15, 0.2) is 0 Å². The molecule has 0 aromatic heterocycles. The molecule has 1 atom stereocenters. The zero-order valence-corrected chi connectivity index (χ0v) is 13.8. The third kappa shape index (κ3) is 2.49. The van der Waals surface area contributed by atoms with Crippen molar-refractivity contribution >= 4 is 5.69 Å². The highest BCUT2D eigenvalue weighted by molar-refractivity contribution is 5.82. The Bertz CT molecular complexity index is 859. The van der Waals surface area contributed by atoms with Crippen LogP contribution in [0.4, 0.5) is 5.69 Å². The van der Waals surface area contributed by atoms with Crippen LogP contribution < -0.4 is 4.90 Å². The lowest BCUT2D eigenvalue weighted by molar-refractivity contribution is 0.0464. The molecule has 0 fully saturated rings. The smallest absolute Gasteiger partial charge is 0.112 e. The van der Waals surface area contributed by atoms with Crippen molar-refractivity contribution in [3.63, 3.8) is 0 Å². The van der Waals surface area contributed by atoms with Gasteiger partial charge in [-0.25, -0.2) is 0 Å². The van der Waals surface area contributed by atoms with E-state index in [2.05, 4.69) is 60.5 Å². The number of anilines is 1. The Balaban J connectivity index is 1.88. The van der Waals surface area contributed by atoms with Gasteiger partial charge >= 0.3 is 0 Å². The maximum atomic E-state index is 11.7. The second-order valence-electron chi connectivity index (χ2n) is 6.61. The van der Waals surface area contributed by atoms with Crippen molar-refractivity contribution in [3.05, 3.63) is 90.0 Å². The van der Waals surface area contributed by atoms with Crippen molar-refractivity contribution in [1.29, 1.82) is 0 Å². The van der Waals surface area contributed by atoms with Crippen molar-refractivity contribution in [2.45, 2.75) is 12.0 Å². The summed E-state index contributed by atoms with van der Waals surface area (Å²) in [5.41, 5.74) is 4.69. The summed E-state index contributed by atoms with van der Waals surface area (Å²) >= 11 is 0. The first kappa shape index (κ1) is 15.0. The summed E-state index contributed by atoms with van der Waals surface area (Å²) in [5, 5.41) is 11.7. The SMILES string of the molecule is CN1CC(O)(Cc2ccccc2)c2ccccc2-c2ccccc21. The number of rotatable bonds is 2. The minimum atomic E-state index is -0.925. The molecule has 1 heterocycles. The molecular weight excluding hydrogens is 294 g/mol. The zero-order chi connectivity index (χ0) is 16.6. The Hall–Kier alpha value is -2.58. The number of hydrogen-bond donors (Lipinski definition) is 1. The van der Waals surface area contributed by atoms with Crippen molar-refractivity contribution < 1.29 is 5.11 Å². The van der Waals surface area contributed by atoms with E-state index < -0.39 is 5.60 Å². The molecule has 1 N–H and O–H groups in total. The van der Waals surface area contributed by atoms with Gasteiger partial charge in [0.1, 0.15) is 5.60 Å². The number of β-amino-alcohol motifs (C(OH)–C–C–N with tert-alkyl or cyclic N) is 1. The van der Waals surface area contributed by atoms with Crippen LogP contribution in [0.1, 0.15) is 11.1 Å². The van der Waals surface area contributed by atoms with Crippen molar-refractivity contribution in [2.24, 2.45) is 0 Å². The van der Waals surface area contributed by atoms with E-state index in [1.165, 1.54) is 5.56 Å². The summed E-state index contributed by atoms with van der Waals surface area (Å²) in [5.74, 6) is 0. The van der Waals surface area contributed by atoms with Gasteiger partial charge in [0.05, 0.1) is 6.54 Å². The zero-order valence-electron chi connectivity index (χ0n) is 13.8. The molecule has 0 saturated heterocycles. The van der Waals surface area contributed by atoms with Crippen LogP contribution in [0.2, 0.25) is 0 Å². The van der Waals surface area contributed by atoms with Crippen molar-refractivity contribution in [1.82, 2.24) is 0 Å². The van der Waals surface area contributed by atoms with Crippen LogP contribution >= 0.6 is 0 Å². The molecule has 4 rings (SSSR count). The Morgan fingerprint density at radius 3 is 2.25 bits per heavy atom. The molecule has 24 heavy (non-hydrogen) atoms. The number of fused-ring (bicyclic) bond motifs is 3. The Morgan fingerprint density at radius 1 is 0.833 bits per heavy atom.